The second kappa shape index (κ2) is 7.55. The fourth-order valence-electron chi connectivity index (χ4n) is 2.45. The summed E-state index contributed by atoms with van der Waals surface area (Å²) in [5.74, 6) is -0.996. The van der Waals surface area contributed by atoms with Crippen molar-refractivity contribution in [1.29, 1.82) is 0 Å². The van der Waals surface area contributed by atoms with E-state index in [0.717, 1.165) is 27.8 Å². The van der Waals surface area contributed by atoms with Gasteiger partial charge in [0.25, 0.3) is 16.8 Å². The molecule has 27 heavy (non-hydrogen) atoms. The maximum Gasteiger partial charge on any atom is 0.293 e. The summed E-state index contributed by atoms with van der Waals surface area (Å²) in [4.78, 5) is 48.2. The van der Waals surface area contributed by atoms with Crippen molar-refractivity contribution in [2.75, 3.05) is 6.54 Å². The van der Waals surface area contributed by atoms with E-state index in [1.165, 1.54) is 24.3 Å². The summed E-state index contributed by atoms with van der Waals surface area (Å²) < 4.78 is 0. The SMILES string of the molecule is Cc1ccc(/C=C2/SC(=O)N(CC(=O)c3ccc([N+](=O)[O-])cc3)C2=O)cc1. The summed E-state index contributed by atoms with van der Waals surface area (Å²) in [5.41, 5.74) is 1.92. The van der Waals surface area contributed by atoms with Crippen molar-refractivity contribution in [1.82, 2.24) is 4.90 Å². The third kappa shape index (κ3) is 4.12. The first kappa shape index (κ1) is 18.5. The Hall–Kier alpha value is -3.26. The van der Waals surface area contributed by atoms with Crippen LogP contribution in [0.2, 0.25) is 0 Å². The van der Waals surface area contributed by atoms with Gasteiger partial charge in [0.2, 0.25) is 0 Å². The quantitative estimate of drug-likeness (QED) is 0.337. The molecule has 1 fully saturated rings. The number of hydrogen-bond acceptors (Lipinski definition) is 6. The number of carbonyl (C=O) groups is 3. The van der Waals surface area contributed by atoms with Crippen molar-refractivity contribution in [2.24, 2.45) is 0 Å². The van der Waals surface area contributed by atoms with Gasteiger partial charge >= 0.3 is 0 Å². The number of thioether (sulfide) groups is 1. The van der Waals surface area contributed by atoms with Crippen LogP contribution in [0, 0.1) is 17.0 Å². The van der Waals surface area contributed by atoms with Crippen LogP contribution in [0.15, 0.2) is 53.4 Å². The molecule has 0 N–H and O–H groups in total. The van der Waals surface area contributed by atoms with Crippen LogP contribution in [-0.4, -0.2) is 33.3 Å². The number of benzene rings is 2. The molecule has 1 aliphatic rings. The topological polar surface area (TPSA) is 97.6 Å². The number of nitro benzene ring substituents is 1. The van der Waals surface area contributed by atoms with E-state index >= 15 is 0 Å². The molecule has 1 heterocycles. The van der Waals surface area contributed by atoms with Crippen LogP contribution in [0.5, 0.6) is 0 Å². The highest BCUT2D eigenvalue weighted by atomic mass is 32.2. The van der Waals surface area contributed by atoms with E-state index in [0.29, 0.717) is 0 Å². The smallest absolute Gasteiger partial charge is 0.292 e. The number of nitro groups is 1. The number of hydrogen-bond donors (Lipinski definition) is 0. The number of ketones is 1. The average molecular weight is 382 g/mol. The Kier molecular flexibility index (Phi) is 5.18. The zero-order valence-corrected chi connectivity index (χ0v) is 15.1. The van der Waals surface area contributed by atoms with Crippen LogP contribution >= 0.6 is 11.8 Å². The Morgan fingerprint density at radius 1 is 1.11 bits per heavy atom. The number of nitrogens with zero attached hydrogens (tertiary/aromatic N) is 2. The van der Waals surface area contributed by atoms with E-state index in [1.54, 1.807) is 6.08 Å². The third-order valence-corrected chi connectivity index (χ3v) is 4.86. The Balaban J connectivity index is 1.74. The molecule has 2 aromatic rings. The number of amides is 2. The van der Waals surface area contributed by atoms with Crippen molar-refractivity contribution < 1.29 is 19.3 Å². The van der Waals surface area contributed by atoms with Crippen molar-refractivity contribution in [2.45, 2.75) is 6.92 Å². The molecule has 136 valence electrons. The van der Waals surface area contributed by atoms with Crippen LogP contribution in [-0.2, 0) is 4.79 Å². The van der Waals surface area contributed by atoms with Crippen LogP contribution < -0.4 is 0 Å². The molecule has 0 spiro atoms. The van der Waals surface area contributed by atoms with E-state index in [1.807, 2.05) is 31.2 Å². The zero-order valence-electron chi connectivity index (χ0n) is 14.2. The van der Waals surface area contributed by atoms with Gasteiger partial charge in [0.1, 0.15) is 0 Å². The van der Waals surface area contributed by atoms with Crippen LogP contribution in [0.4, 0.5) is 10.5 Å². The molecule has 0 atom stereocenters. The Morgan fingerprint density at radius 3 is 2.33 bits per heavy atom. The first-order valence-electron chi connectivity index (χ1n) is 7.95. The highest BCUT2D eigenvalue weighted by Crippen LogP contribution is 2.32. The Morgan fingerprint density at radius 2 is 1.74 bits per heavy atom. The Labute approximate surface area is 158 Å². The van der Waals surface area contributed by atoms with Gasteiger partial charge in [-0.1, -0.05) is 29.8 Å². The normalized spacial score (nSPS) is 15.4. The number of rotatable bonds is 5. The van der Waals surface area contributed by atoms with Gasteiger partial charge in [0.05, 0.1) is 16.4 Å². The first-order valence-corrected chi connectivity index (χ1v) is 8.76. The summed E-state index contributed by atoms with van der Waals surface area (Å²) in [6.07, 6.45) is 1.61. The van der Waals surface area contributed by atoms with Crippen molar-refractivity contribution in [3.05, 3.63) is 80.2 Å². The van der Waals surface area contributed by atoms with Gasteiger partial charge in [-0.2, -0.15) is 0 Å². The van der Waals surface area contributed by atoms with E-state index in [9.17, 15) is 24.5 Å². The number of Topliss-reactive ketones (excluding diaryl/α,β-unsaturated/α-hetero) is 1. The predicted octanol–water partition coefficient (Wildman–Crippen LogP) is 3.82. The minimum Gasteiger partial charge on any atom is -0.292 e. The van der Waals surface area contributed by atoms with Gasteiger partial charge in [-0.05, 0) is 42.5 Å². The summed E-state index contributed by atoms with van der Waals surface area (Å²) >= 11 is 0.781. The summed E-state index contributed by atoms with van der Waals surface area (Å²) in [6, 6.07) is 12.5. The molecular formula is C19H14N2O5S. The summed E-state index contributed by atoms with van der Waals surface area (Å²) in [6.45, 7) is 1.54. The monoisotopic (exact) mass is 382 g/mol. The Bertz CT molecular complexity index is 965. The second-order valence-electron chi connectivity index (χ2n) is 5.91. The summed E-state index contributed by atoms with van der Waals surface area (Å²) in [5, 5.41) is 10.1. The van der Waals surface area contributed by atoms with Gasteiger partial charge < -0.3 is 0 Å². The van der Waals surface area contributed by atoms with Gasteiger partial charge in [0.15, 0.2) is 5.78 Å². The van der Waals surface area contributed by atoms with Crippen molar-refractivity contribution in [3.63, 3.8) is 0 Å². The minimum absolute atomic E-state index is 0.140. The van der Waals surface area contributed by atoms with Gasteiger partial charge in [-0.3, -0.25) is 29.4 Å². The van der Waals surface area contributed by atoms with E-state index in [2.05, 4.69) is 0 Å². The molecular weight excluding hydrogens is 368 g/mol. The first-order chi connectivity index (χ1) is 12.8. The highest BCUT2D eigenvalue weighted by Gasteiger charge is 2.36. The van der Waals surface area contributed by atoms with Crippen molar-refractivity contribution >= 4 is 40.5 Å². The molecule has 3 rings (SSSR count). The molecule has 0 bridgehead atoms. The maximum absolute atomic E-state index is 12.5. The molecule has 2 aromatic carbocycles. The molecule has 0 aromatic heterocycles. The van der Waals surface area contributed by atoms with Crippen LogP contribution in [0.1, 0.15) is 21.5 Å². The molecule has 0 unspecified atom stereocenters. The maximum atomic E-state index is 12.5. The molecule has 0 radical (unpaired) electrons. The lowest BCUT2D eigenvalue weighted by atomic mass is 10.1. The fourth-order valence-corrected chi connectivity index (χ4v) is 3.29. The number of imide groups is 1. The lowest BCUT2D eigenvalue weighted by Gasteiger charge is -2.11. The molecule has 8 heteroatoms. The molecule has 2 amide bonds. The standard InChI is InChI=1S/C19H14N2O5S/c1-12-2-4-13(5-3-12)10-17-18(23)20(19(24)27-17)11-16(22)14-6-8-15(9-7-14)21(25)26/h2-10H,11H2,1H3/b17-10+. The largest absolute Gasteiger partial charge is 0.293 e. The van der Waals surface area contributed by atoms with E-state index < -0.39 is 28.4 Å². The average Bonchev–Trinajstić information content (AvgIpc) is 2.91. The van der Waals surface area contributed by atoms with Gasteiger partial charge in [-0.25, -0.2) is 0 Å². The third-order valence-electron chi connectivity index (χ3n) is 3.95. The van der Waals surface area contributed by atoms with Gasteiger partial charge in [0, 0.05) is 17.7 Å². The van der Waals surface area contributed by atoms with Crippen molar-refractivity contribution in [3.8, 4) is 0 Å². The number of non-ortho nitro benzene ring substituents is 1. The second-order valence-corrected chi connectivity index (χ2v) is 6.90. The zero-order chi connectivity index (χ0) is 19.6. The molecule has 7 nitrogen and oxygen atoms in total. The lowest BCUT2D eigenvalue weighted by Crippen LogP contribution is -2.33. The summed E-state index contributed by atoms with van der Waals surface area (Å²) in [7, 11) is 0. The minimum atomic E-state index is -0.569. The van der Waals surface area contributed by atoms with E-state index in [-0.39, 0.29) is 16.2 Å². The fraction of sp³-hybridized carbons (Fsp3) is 0.105. The van der Waals surface area contributed by atoms with Crippen LogP contribution in [0.25, 0.3) is 6.08 Å². The lowest BCUT2D eigenvalue weighted by molar-refractivity contribution is -0.384. The molecule has 1 saturated heterocycles. The predicted molar refractivity (Wildman–Crippen MR) is 101 cm³/mol. The van der Waals surface area contributed by atoms with Gasteiger partial charge in [-0.15, -0.1) is 0 Å². The molecule has 1 aliphatic heterocycles. The highest BCUT2D eigenvalue weighted by molar-refractivity contribution is 8.18. The number of carbonyl (C=O) groups excluding carboxylic acids is 3. The number of aryl methyl sites for hydroxylation is 1. The molecule has 0 saturated carbocycles. The van der Waals surface area contributed by atoms with E-state index in [4.69, 9.17) is 0 Å². The van der Waals surface area contributed by atoms with Crippen LogP contribution in [0.3, 0.4) is 0 Å². The molecule has 0 aliphatic carbocycles.